The first kappa shape index (κ1) is 12.0. The van der Waals surface area contributed by atoms with Crippen LogP contribution in [0.5, 0.6) is 5.75 Å². The SMILES string of the molecule is CCCC(COc1ccc(F)cc1)NC. The van der Waals surface area contributed by atoms with Gasteiger partial charge in [-0.05, 0) is 37.7 Å². The number of halogens is 1. The smallest absolute Gasteiger partial charge is 0.123 e. The van der Waals surface area contributed by atoms with Gasteiger partial charge in [0.1, 0.15) is 18.2 Å². The molecule has 15 heavy (non-hydrogen) atoms. The largest absolute Gasteiger partial charge is 0.492 e. The molecule has 0 aliphatic carbocycles. The number of benzene rings is 1. The fourth-order valence-corrected chi connectivity index (χ4v) is 1.39. The average Bonchev–Trinajstić information content (AvgIpc) is 2.26. The lowest BCUT2D eigenvalue weighted by Gasteiger charge is -2.15. The molecular weight excluding hydrogens is 193 g/mol. The number of ether oxygens (including phenoxy) is 1. The van der Waals surface area contributed by atoms with Crippen molar-refractivity contribution in [2.45, 2.75) is 25.8 Å². The maximum Gasteiger partial charge on any atom is 0.123 e. The van der Waals surface area contributed by atoms with E-state index < -0.39 is 0 Å². The van der Waals surface area contributed by atoms with E-state index in [2.05, 4.69) is 12.2 Å². The molecule has 1 unspecified atom stereocenters. The van der Waals surface area contributed by atoms with Crippen LogP contribution < -0.4 is 10.1 Å². The van der Waals surface area contributed by atoms with Crippen LogP contribution in [-0.4, -0.2) is 19.7 Å². The molecule has 1 aromatic rings. The summed E-state index contributed by atoms with van der Waals surface area (Å²) in [7, 11) is 1.92. The fourth-order valence-electron chi connectivity index (χ4n) is 1.39. The maximum absolute atomic E-state index is 12.6. The molecule has 1 aromatic carbocycles. The van der Waals surface area contributed by atoms with Crippen LogP contribution in [0.2, 0.25) is 0 Å². The van der Waals surface area contributed by atoms with Crippen molar-refractivity contribution >= 4 is 0 Å². The summed E-state index contributed by atoms with van der Waals surface area (Å²) >= 11 is 0. The van der Waals surface area contributed by atoms with E-state index in [1.54, 1.807) is 12.1 Å². The van der Waals surface area contributed by atoms with Crippen molar-refractivity contribution in [1.82, 2.24) is 5.32 Å². The summed E-state index contributed by atoms with van der Waals surface area (Å²) in [6.07, 6.45) is 2.20. The molecule has 0 fully saturated rings. The Labute approximate surface area is 90.4 Å². The zero-order valence-corrected chi connectivity index (χ0v) is 9.29. The maximum atomic E-state index is 12.6. The van der Waals surface area contributed by atoms with E-state index in [1.807, 2.05) is 7.05 Å². The van der Waals surface area contributed by atoms with Crippen LogP contribution in [0.25, 0.3) is 0 Å². The highest BCUT2D eigenvalue weighted by Gasteiger charge is 2.05. The number of likely N-dealkylation sites (N-methyl/N-ethyl adjacent to an activating group) is 1. The fraction of sp³-hybridized carbons (Fsp3) is 0.500. The molecule has 0 bridgehead atoms. The molecule has 3 heteroatoms. The van der Waals surface area contributed by atoms with E-state index in [9.17, 15) is 4.39 Å². The average molecular weight is 211 g/mol. The molecule has 0 spiro atoms. The summed E-state index contributed by atoms with van der Waals surface area (Å²) in [6.45, 7) is 2.76. The molecule has 1 atom stereocenters. The van der Waals surface area contributed by atoms with Gasteiger partial charge in [0.25, 0.3) is 0 Å². The summed E-state index contributed by atoms with van der Waals surface area (Å²) in [5, 5.41) is 3.19. The Bertz CT molecular complexity index is 273. The van der Waals surface area contributed by atoms with Gasteiger partial charge in [-0.1, -0.05) is 13.3 Å². The molecule has 0 saturated carbocycles. The van der Waals surface area contributed by atoms with E-state index in [1.165, 1.54) is 12.1 Å². The molecule has 84 valence electrons. The van der Waals surface area contributed by atoms with Gasteiger partial charge in [-0.25, -0.2) is 4.39 Å². The van der Waals surface area contributed by atoms with Gasteiger partial charge in [0, 0.05) is 6.04 Å². The van der Waals surface area contributed by atoms with Gasteiger partial charge >= 0.3 is 0 Å². The van der Waals surface area contributed by atoms with Crippen LogP contribution in [-0.2, 0) is 0 Å². The summed E-state index contributed by atoms with van der Waals surface area (Å²) in [5.41, 5.74) is 0. The molecule has 1 N–H and O–H groups in total. The Morgan fingerprint density at radius 1 is 1.33 bits per heavy atom. The third-order valence-electron chi connectivity index (χ3n) is 2.31. The monoisotopic (exact) mass is 211 g/mol. The Hall–Kier alpha value is -1.09. The van der Waals surface area contributed by atoms with Gasteiger partial charge in [-0.3, -0.25) is 0 Å². The van der Waals surface area contributed by atoms with Crippen molar-refractivity contribution in [1.29, 1.82) is 0 Å². The Morgan fingerprint density at radius 3 is 2.53 bits per heavy atom. The minimum Gasteiger partial charge on any atom is -0.492 e. The molecule has 0 radical (unpaired) electrons. The van der Waals surface area contributed by atoms with Crippen molar-refractivity contribution in [2.75, 3.05) is 13.7 Å². The third kappa shape index (κ3) is 4.30. The van der Waals surface area contributed by atoms with Crippen molar-refractivity contribution in [3.05, 3.63) is 30.1 Å². The first-order chi connectivity index (χ1) is 7.26. The summed E-state index contributed by atoms with van der Waals surface area (Å²) in [6, 6.07) is 6.47. The van der Waals surface area contributed by atoms with E-state index in [0.29, 0.717) is 18.4 Å². The minimum absolute atomic E-state index is 0.235. The van der Waals surface area contributed by atoms with Gasteiger partial charge in [0.15, 0.2) is 0 Å². The van der Waals surface area contributed by atoms with E-state index in [4.69, 9.17) is 4.74 Å². The summed E-state index contributed by atoms with van der Waals surface area (Å²) in [5.74, 6) is 0.480. The lowest BCUT2D eigenvalue weighted by atomic mass is 10.2. The Kier molecular flexibility index (Phi) is 5.12. The standard InChI is InChI=1S/C12H18FNO/c1-3-4-11(14-2)9-15-12-7-5-10(13)6-8-12/h5-8,11,14H,3-4,9H2,1-2H3. The molecule has 0 heterocycles. The van der Waals surface area contributed by atoms with Crippen LogP contribution in [0.15, 0.2) is 24.3 Å². The van der Waals surface area contributed by atoms with Crippen LogP contribution in [0, 0.1) is 5.82 Å². The zero-order chi connectivity index (χ0) is 11.1. The van der Waals surface area contributed by atoms with Crippen LogP contribution >= 0.6 is 0 Å². The third-order valence-corrected chi connectivity index (χ3v) is 2.31. The highest BCUT2D eigenvalue weighted by Crippen LogP contribution is 2.11. The van der Waals surface area contributed by atoms with Crippen LogP contribution in [0.1, 0.15) is 19.8 Å². The van der Waals surface area contributed by atoms with Crippen molar-refractivity contribution in [3.63, 3.8) is 0 Å². The molecule has 0 saturated heterocycles. The first-order valence-electron chi connectivity index (χ1n) is 5.32. The van der Waals surface area contributed by atoms with Crippen LogP contribution in [0.4, 0.5) is 4.39 Å². The topological polar surface area (TPSA) is 21.3 Å². The van der Waals surface area contributed by atoms with Crippen molar-refractivity contribution in [3.8, 4) is 5.75 Å². The predicted molar refractivity (Wildman–Crippen MR) is 59.7 cm³/mol. The predicted octanol–water partition coefficient (Wildman–Crippen LogP) is 2.59. The molecule has 0 aliphatic heterocycles. The highest BCUT2D eigenvalue weighted by atomic mass is 19.1. The number of hydrogen-bond donors (Lipinski definition) is 1. The second-order valence-electron chi connectivity index (χ2n) is 3.54. The highest BCUT2D eigenvalue weighted by molar-refractivity contribution is 5.22. The molecule has 1 rings (SSSR count). The molecular formula is C12H18FNO. The van der Waals surface area contributed by atoms with E-state index in [-0.39, 0.29) is 5.82 Å². The molecule has 2 nitrogen and oxygen atoms in total. The zero-order valence-electron chi connectivity index (χ0n) is 9.29. The first-order valence-corrected chi connectivity index (χ1v) is 5.32. The molecule has 0 amide bonds. The van der Waals surface area contributed by atoms with Gasteiger partial charge in [-0.2, -0.15) is 0 Å². The number of rotatable bonds is 6. The van der Waals surface area contributed by atoms with Crippen molar-refractivity contribution < 1.29 is 9.13 Å². The van der Waals surface area contributed by atoms with Gasteiger partial charge in [-0.15, -0.1) is 0 Å². The Morgan fingerprint density at radius 2 is 2.00 bits per heavy atom. The van der Waals surface area contributed by atoms with Crippen LogP contribution in [0.3, 0.4) is 0 Å². The minimum atomic E-state index is -0.235. The number of hydrogen-bond acceptors (Lipinski definition) is 2. The normalized spacial score (nSPS) is 12.5. The molecule has 0 aliphatic rings. The lowest BCUT2D eigenvalue weighted by Crippen LogP contribution is -2.31. The van der Waals surface area contributed by atoms with Gasteiger partial charge in [0.05, 0.1) is 0 Å². The van der Waals surface area contributed by atoms with Gasteiger partial charge < -0.3 is 10.1 Å². The van der Waals surface area contributed by atoms with Crippen molar-refractivity contribution in [2.24, 2.45) is 0 Å². The summed E-state index contributed by atoms with van der Waals surface area (Å²) in [4.78, 5) is 0. The number of nitrogens with one attached hydrogen (secondary N) is 1. The molecule has 0 aromatic heterocycles. The quantitative estimate of drug-likeness (QED) is 0.781. The second-order valence-corrected chi connectivity index (χ2v) is 3.54. The second kappa shape index (κ2) is 6.40. The van der Waals surface area contributed by atoms with E-state index >= 15 is 0 Å². The lowest BCUT2D eigenvalue weighted by molar-refractivity contribution is 0.262. The van der Waals surface area contributed by atoms with Gasteiger partial charge in [0.2, 0.25) is 0 Å². The summed E-state index contributed by atoms with van der Waals surface area (Å²) < 4.78 is 18.1. The Balaban J connectivity index is 2.38. The van der Waals surface area contributed by atoms with E-state index in [0.717, 1.165) is 12.8 Å².